The van der Waals surface area contributed by atoms with Crippen LogP contribution in [0.15, 0.2) is 36.4 Å². The first kappa shape index (κ1) is 16.1. The predicted octanol–water partition coefficient (Wildman–Crippen LogP) is 3.46. The number of hydrogen-bond donors (Lipinski definition) is 1. The van der Waals surface area contributed by atoms with Crippen LogP contribution in [0.3, 0.4) is 0 Å². The molecule has 0 saturated heterocycles. The highest BCUT2D eigenvalue weighted by molar-refractivity contribution is 6.21. The number of aryl methyl sites for hydroxylation is 3. The summed E-state index contributed by atoms with van der Waals surface area (Å²) in [6.07, 6.45) is 0. The standard InChI is InChI=1S/C20H16N2O4/c1-10-8-11(2)16-12(3)17(21-15(16)9-10)20(25)26-22-18(23)13-6-4-5-7-14(13)19(22)24/h4-9,21H,1-3H3. The molecule has 2 aromatic carbocycles. The van der Waals surface area contributed by atoms with E-state index in [2.05, 4.69) is 4.98 Å². The quantitative estimate of drug-likeness (QED) is 0.719. The summed E-state index contributed by atoms with van der Waals surface area (Å²) in [4.78, 5) is 45.5. The summed E-state index contributed by atoms with van der Waals surface area (Å²) >= 11 is 0. The second-order valence-electron chi connectivity index (χ2n) is 6.46. The van der Waals surface area contributed by atoms with E-state index in [4.69, 9.17) is 4.84 Å². The second-order valence-corrected chi connectivity index (χ2v) is 6.46. The number of imide groups is 1. The lowest BCUT2D eigenvalue weighted by Gasteiger charge is -2.12. The number of carbonyl (C=O) groups is 3. The lowest BCUT2D eigenvalue weighted by Crippen LogP contribution is -2.33. The Hall–Kier alpha value is -3.41. The Balaban J connectivity index is 1.69. The number of amides is 2. The van der Waals surface area contributed by atoms with Crippen LogP contribution in [-0.4, -0.2) is 27.8 Å². The van der Waals surface area contributed by atoms with Crippen LogP contribution < -0.4 is 0 Å². The Bertz CT molecular complexity index is 1080. The molecule has 6 nitrogen and oxygen atoms in total. The van der Waals surface area contributed by atoms with E-state index in [1.165, 1.54) is 12.1 Å². The lowest BCUT2D eigenvalue weighted by atomic mass is 10.0. The minimum atomic E-state index is -0.773. The van der Waals surface area contributed by atoms with Crippen molar-refractivity contribution >= 4 is 28.7 Å². The van der Waals surface area contributed by atoms with Gasteiger partial charge in [-0.2, -0.15) is 0 Å². The second kappa shape index (κ2) is 5.56. The molecule has 4 rings (SSSR count). The number of H-pyrrole nitrogens is 1. The van der Waals surface area contributed by atoms with Crippen LogP contribution in [0.25, 0.3) is 10.9 Å². The van der Waals surface area contributed by atoms with Crippen molar-refractivity contribution in [1.82, 2.24) is 10.0 Å². The highest BCUT2D eigenvalue weighted by Crippen LogP contribution is 2.28. The monoisotopic (exact) mass is 348 g/mol. The summed E-state index contributed by atoms with van der Waals surface area (Å²) in [7, 11) is 0. The van der Waals surface area contributed by atoms with Gasteiger partial charge < -0.3 is 9.82 Å². The molecule has 3 aromatic rings. The first-order valence-electron chi connectivity index (χ1n) is 8.18. The molecule has 1 N–H and O–H groups in total. The third kappa shape index (κ3) is 2.23. The summed E-state index contributed by atoms with van der Waals surface area (Å²) in [5.74, 6) is -2.05. The molecule has 0 spiro atoms. The van der Waals surface area contributed by atoms with Gasteiger partial charge in [0.25, 0.3) is 11.8 Å². The van der Waals surface area contributed by atoms with E-state index in [-0.39, 0.29) is 16.8 Å². The average molecular weight is 348 g/mol. The zero-order valence-corrected chi connectivity index (χ0v) is 14.5. The van der Waals surface area contributed by atoms with Crippen molar-refractivity contribution < 1.29 is 19.2 Å². The molecule has 0 saturated carbocycles. The number of nitrogens with one attached hydrogen (secondary N) is 1. The molecule has 2 heterocycles. The Morgan fingerprint density at radius 3 is 2.23 bits per heavy atom. The van der Waals surface area contributed by atoms with Crippen molar-refractivity contribution in [3.8, 4) is 0 Å². The van der Waals surface area contributed by atoms with Crippen molar-refractivity contribution in [1.29, 1.82) is 0 Å². The first-order valence-corrected chi connectivity index (χ1v) is 8.18. The fraction of sp³-hybridized carbons (Fsp3) is 0.150. The number of nitrogens with zero attached hydrogens (tertiary/aromatic N) is 1. The van der Waals surface area contributed by atoms with Gasteiger partial charge in [0.15, 0.2) is 0 Å². The topological polar surface area (TPSA) is 79.5 Å². The van der Waals surface area contributed by atoms with Gasteiger partial charge in [-0.25, -0.2) is 4.79 Å². The normalized spacial score (nSPS) is 13.4. The molecule has 1 aromatic heterocycles. The molecule has 130 valence electrons. The Morgan fingerprint density at radius 2 is 1.62 bits per heavy atom. The van der Waals surface area contributed by atoms with Crippen LogP contribution in [0.4, 0.5) is 0 Å². The third-order valence-electron chi connectivity index (χ3n) is 4.62. The predicted molar refractivity (Wildman–Crippen MR) is 94.9 cm³/mol. The van der Waals surface area contributed by atoms with E-state index in [9.17, 15) is 14.4 Å². The maximum absolute atomic E-state index is 12.6. The molecule has 0 atom stereocenters. The van der Waals surface area contributed by atoms with Crippen molar-refractivity contribution in [3.63, 3.8) is 0 Å². The smallest absolute Gasteiger partial charge is 0.349 e. The zero-order chi connectivity index (χ0) is 18.6. The largest absolute Gasteiger partial charge is 0.380 e. The molecule has 1 aliphatic rings. The molecule has 1 aliphatic heterocycles. The Kier molecular flexibility index (Phi) is 3.44. The van der Waals surface area contributed by atoms with Crippen molar-refractivity contribution in [2.24, 2.45) is 0 Å². The summed E-state index contributed by atoms with van der Waals surface area (Å²) in [6.45, 7) is 5.75. The summed E-state index contributed by atoms with van der Waals surface area (Å²) in [6, 6.07) is 10.3. The zero-order valence-electron chi connectivity index (χ0n) is 14.5. The molecule has 0 bridgehead atoms. The van der Waals surface area contributed by atoms with E-state index < -0.39 is 17.8 Å². The number of fused-ring (bicyclic) bond motifs is 2. The average Bonchev–Trinajstić information content (AvgIpc) is 3.05. The van der Waals surface area contributed by atoms with Gasteiger partial charge in [-0.05, 0) is 55.7 Å². The van der Waals surface area contributed by atoms with Crippen molar-refractivity contribution in [3.05, 3.63) is 69.9 Å². The highest BCUT2D eigenvalue weighted by atomic mass is 16.7. The lowest BCUT2D eigenvalue weighted by molar-refractivity contribution is -0.0588. The fourth-order valence-corrected chi connectivity index (χ4v) is 3.50. The van der Waals surface area contributed by atoms with E-state index in [0.29, 0.717) is 5.06 Å². The van der Waals surface area contributed by atoms with E-state index >= 15 is 0 Å². The number of benzene rings is 2. The first-order chi connectivity index (χ1) is 12.4. The number of carbonyl (C=O) groups excluding carboxylic acids is 3. The minimum Gasteiger partial charge on any atom is -0.349 e. The van der Waals surface area contributed by atoms with Gasteiger partial charge in [0, 0.05) is 10.9 Å². The van der Waals surface area contributed by atoms with Gasteiger partial charge in [0.1, 0.15) is 5.69 Å². The summed E-state index contributed by atoms with van der Waals surface area (Å²) in [5.41, 5.74) is 4.32. The van der Waals surface area contributed by atoms with Crippen LogP contribution in [0.1, 0.15) is 47.9 Å². The van der Waals surface area contributed by atoms with Gasteiger partial charge >= 0.3 is 5.97 Å². The molecular weight excluding hydrogens is 332 g/mol. The van der Waals surface area contributed by atoms with Crippen LogP contribution in [0, 0.1) is 20.8 Å². The number of aromatic amines is 1. The number of hydroxylamine groups is 2. The SMILES string of the molecule is Cc1cc(C)c2c(C)c(C(=O)ON3C(=O)c4ccccc4C3=O)[nH]c2c1. The molecular formula is C20H16N2O4. The van der Waals surface area contributed by atoms with Gasteiger partial charge in [0.05, 0.1) is 11.1 Å². The van der Waals surface area contributed by atoms with E-state index in [1.807, 2.05) is 26.0 Å². The molecule has 0 aliphatic carbocycles. The van der Waals surface area contributed by atoms with Gasteiger partial charge in [-0.1, -0.05) is 23.3 Å². The van der Waals surface area contributed by atoms with Gasteiger partial charge in [-0.3, -0.25) is 9.59 Å². The molecule has 0 radical (unpaired) electrons. The summed E-state index contributed by atoms with van der Waals surface area (Å²) < 4.78 is 0. The molecule has 2 amide bonds. The Morgan fingerprint density at radius 1 is 1.00 bits per heavy atom. The van der Waals surface area contributed by atoms with Crippen LogP contribution in [0.2, 0.25) is 0 Å². The molecule has 26 heavy (non-hydrogen) atoms. The van der Waals surface area contributed by atoms with Crippen LogP contribution >= 0.6 is 0 Å². The van der Waals surface area contributed by atoms with Crippen LogP contribution in [0.5, 0.6) is 0 Å². The van der Waals surface area contributed by atoms with E-state index in [0.717, 1.165) is 27.6 Å². The van der Waals surface area contributed by atoms with Gasteiger partial charge in [-0.15, -0.1) is 0 Å². The number of rotatable bonds is 2. The fourth-order valence-electron chi connectivity index (χ4n) is 3.50. The van der Waals surface area contributed by atoms with Crippen LogP contribution in [-0.2, 0) is 4.84 Å². The number of aromatic nitrogens is 1. The highest BCUT2D eigenvalue weighted by Gasteiger charge is 2.39. The molecule has 6 heteroatoms. The summed E-state index contributed by atoms with van der Waals surface area (Å²) in [5, 5.41) is 1.46. The van der Waals surface area contributed by atoms with E-state index in [1.54, 1.807) is 19.1 Å². The maximum Gasteiger partial charge on any atom is 0.380 e. The third-order valence-corrected chi connectivity index (χ3v) is 4.62. The maximum atomic E-state index is 12.6. The molecule has 0 unspecified atom stereocenters. The van der Waals surface area contributed by atoms with Crippen molar-refractivity contribution in [2.45, 2.75) is 20.8 Å². The minimum absolute atomic E-state index is 0.227. The Labute approximate surface area is 149 Å². The number of hydrogen-bond acceptors (Lipinski definition) is 4. The van der Waals surface area contributed by atoms with Gasteiger partial charge in [0.2, 0.25) is 0 Å². The van der Waals surface area contributed by atoms with Crippen molar-refractivity contribution in [2.75, 3.05) is 0 Å². The molecule has 0 fully saturated rings.